The number of aryl methyl sites for hydroxylation is 1. The Kier molecular flexibility index (Phi) is 5.21. The van der Waals surface area contributed by atoms with Gasteiger partial charge in [0.05, 0.1) is 0 Å². The fourth-order valence-corrected chi connectivity index (χ4v) is 3.19. The number of thioether (sulfide) groups is 1. The Morgan fingerprint density at radius 1 is 1.04 bits per heavy atom. The van der Waals surface area contributed by atoms with Crippen molar-refractivity contribution >= 4 is 11.8 Å². The lowest BCUT2D eigenvalue weighted by atomic mass is 10.2. The highest BCUT2D eigenvalue weighted by molar-refractivity contribution is 7.99. The van der Waals surface area contributed by atoms with E-state index in [1.165, 1.54) is 0 Å². The van der Waals surface area contributed by atoms with E-state index in [-0.39, 0.29) is 0 Å². The van der Waals surface area contributed by atoms with Crippen molar-refractivity contribution in [1.82, 2.24) is 19.7 Å². The molecule has 3 aromatic rings. The van der Waals surface area contributed by atoms with E-state index in [0.29, 0.717) is 6.54 Å². The summed E-state index contributed by atoms with van der Waals surface area (Å²) in [6, 6.07) is 16.1. The van der Waals surface area contributed by atoms with E-state index in [2.05, 4.69) is 26.3 Å². The Labute approximate surface area is 140 Å². The van der Waals surface area contributed by atoms with E-state index in [4.69, 9.17) is 0 Å². The van der Waals surface area contributed by atoms with Crippen LogP contribution in [0.1, 0.15) is 5.69 Å². The van der Waals surface area contributed by atoms with Gasteiger partial charge in [0.25, 0.3) is 0 Å². The molecule has 5 heteroatoms. The summed E-state index contributed by atoms with van der Waals surface area (Å²) >= 11 is 1.70. The Morgan fingerprint density at radius 3 is 2.61 bits per heavy atom. The molecule has 0 atom stereocenters. The molecule has 0 spiro atoms. The average Bonchev–Trinajstić information content (AvgIpc) is 3.00. The molecule has 0 amide bonds. The first-order chi connectivity index (χ1) is 11.4. The van der Waals surface area contributed by atoms with Crippen LogP contribution in [-0.2, 0) is 13.0 Å². The summed E-state index contributed by atoms with van der Waals surface area (Å²) in [7, 11) is 0. The zero-order chi connectivity index (χ0) is 15.9. The normalized spacial score (nSPS) is 10.6. The zero-order valence-electron chi connectivity index (χ0n) is 12.8. The maximum absolute atomic E-state index is 4.36. The number of hydrogen-bond donors (Lipinski definition) is 0. The smallest absolute Gasteiger partial charge is 0.191 e. The van der Waals surface area contributed by atoms with Gasteiger partial charge in [-0.15, -0.1) is 16.8 Å². The largest absolute Gasteiger partial charge is 0.298 e. The summed E-state index contributed by atoms with van der Waals surface area (Å²) < 4.78 is 2.10. The third-order valence-corrected chi connectivity index (χ3v) is 4.34. The van der Waals surface area contributed by atoms with Crippen LogP contribution in [0.4, 0.5) is 0 Å². The SMILES string of the molecule is C=CCn1c(SCCc2ccccn2)nnc1-c1ccccc1. The van der Waals surface area contributed by atoms with Crippen LogP contribution in [0.5, 0.6) is 0 Å². The van der Waals surface area contributed by atoms with Gasteiger partial charge < -0.3 is 0 Å². The second-order valence-corrected chi connectivity index (χ2v) is 6.05. The van der Waals surface area contributed by atoms with Gasteiger partial charge in [0, 0.05) is 29.8 Å². The summed E-state index contributed by atoms with van der Waals surface area (Å²) in [5, 5.41) is 9.63. The van der Waals surface area contributed by atoms with Gasteiger partial charge in [-0.1, -0.05) is 54.2 Å². The lowest BCUT2D eigenvalue weighted by Crippen LogP contribution is -2.01. The van der Waals surface area contributed by atoms with Crippen molar-refractivity contribution in [3.63, 3.8) is 0 Å². The minimum absolute atomic E-state index is 0.698. The number of nitrogens with zero attached hydrogens (tertiary/aromatic N) is 4. The van der Waals surface area contributed by atoms with E-state index < -0.39 is 0 Å². The van der Waals surface area contributed by atoms with Gasteiger partial charge in [-0.05, 0) is 18.6 Å². The molecule has 1 aromatic carbocycles. The summed E-state index contributed by atoms with van der Waals surface area (Å²) in [4.78, 5) is 4.35. The molecular weight excluding hydrogens is 304 g/mol. The van der Waals surface area contributed by atoms with Crippen molar-refractivity contribution < 1.29 is 0 Å². The van der Waals surface area contributed by atoms with Crippen molar-refractivity contribution in [3.8, 4) is 11.4 Å². The molecule has 0 saturated carbocycles. The highest BCUT2D eigenvalue weighted by Gasteiger charge is 2.13. The van der Waals surface area contributed by atoms with Crippen LogP contribution in [0.25, 0.3) is 11.4 Å². The van der Waals surface area contributed by atoms with Crippen molar-refractivity contribution in [1.29, 1.82) is 0 Å². The van der Waals surface area contributed by atoms with Crippen LogP contribution in [0.15, 0.2) is 72.5 Å². The lowest BCUT2D eigenvalue weighted by Gasteiger charge is -2.07. The molecule has 4 nitrogen and oxygen atoms in total. The van der Waals surface area contributed by atoms with Crippen molar-refractivity contribution in [3.05, 3.63) is 73.1 Å². The predicted octanol–water partition coefficient (Wildman–Crippen LogP) is 3.86. The third-order valence-electron chi connectivity index (χ3n) is 3.38. The molecule has 0 aliphatic rings. The molecule has 0 bridgehead atoms. The number of pyridine rings is 1. The fraction of sp³-hybridized carbons (Fsp3) is 0.167. The molecule has 0 aliphatic carbocycles. The quantitative estimate of drug-likeness (QED) is 0.489. The first-order valence-electron chi connectivity index (χ1n) is 7.50. The van der Waals surface area contributed by atoms with Gasteiger partial charge >= 0.3 is 0 Å². The number of allylic oxidation sites excluding steroid dienone is 1. The average molecular weight is 322 g/mol. The standard InChI is InChI=1S/C18H18N4S/c1-2-13-22-17(15-8-4-3-5-9-15)20-21-18(22)23-14-11-16-10-6-7-12-19-16/h2-10,12H,1,11,13-14H2. The molecule has 0 saturated heterocycles. The first kappa shape index (κ1) is 15.5. The summed E-state index contributed by atoms with van der Waals surface area (Å²) in [6.07, 6.45) is 4.61. The Balaban J connectivity index is 1.74. The summed E-state index contributed by atoms with van der Waals surface area (Å²) in [6.45, 7) is 4.54. The third kappa shape index (κ3) is 3.87. The lowest BCUT2D eigenvalue weighted by molar-refractivity contribution is 0.731. The molecule has 0 aliphatic heterocycles. The van der Waals surface area contributed by atoms with E-state index in [9.17, 15) is 0 Å². The maximum Gasteiger partial charge on any atom is 0.191 e. The van der Waals surface area contributed by atoms with Crippen LogP contribution >= 0.6 is 11.8 Å². The monoisotopic (exact) mass is 322 g/mol. The number of benzene rings is 1. The van der Waals surface area contributed by atoms with Crippen molar-refractivity contribution in [2.24, 2.45) is 0 Å². The van der Waals surface area contributed by atoms with Crippen molar-refractivity contribution in [2.75, 3.05) is 5.75 Å². The molecule has 0 fully saturated rings. The second kappa shape index (κ2) is 7.74. The molecule has 116 valence electrons. The van der Waals surface area contributed by atoms with Gasteiger partial charge in [-0.25, -0.2) is 0 Å². The second-order valence-electron chi connectivity index (χ2n) is 4.99. The van der Waals surface area contributed by atoms with Crippen LogP contribution in [0, 0.1) is 0 Å². The molecule has 0 radical (unpaired) electrons. The van der Waals surface area contributed by atoms with Gasteiger partial charge in [0.2, 0.25) is 0 Å². The minimum Gasteiger partial charge on any atom is -0.298 e. The number of aromatic nitrogens is 4. The Morgan fingerprint density at radius 2 is 1.87 bits per heavy atom. The fourth-order valence-electron chi connectivity index (χ4n) is 2.28. The molecule has 2 heterocycles. The van der Waals surface area contributed by atoms with Crippen LogP contribution in [-0.4, -0.2) is 25.5 Å². The highest BCUT2D eigenvalue weighted by atomic mass is 32.2. The minimum atomic E-state index is 0.698. The Bertz CT molecular complexity index is 753. The number of hydrogen-bond acceptors (Lipinski definition) is 4. The van der Waals surface area contributed by atoms with Crippen LogP contribution in [0.2, 0.25) is 0 Å². The highest BCUT2D eigenvalue weighted by Crippen LogP contribution is 2.24. The first-order valence-corrected chi connectivity index (χ1v) is 8.49. The van der Waals surface area contributed by atoms with Gasteiger partial charge in [0.1, 0.15) is 0 Å². The summed E-state index contributed by atoms with van der Waals surface area (Å²) in [5.74, 6) is 1.80. The number of rotatable bonds is 7. The van der Waals surface area contributed by atoms with Gasteiger partial charge in [-0.3, -0.25) is 9.55 Å². The summed E-state index contributed by atoms with van der Waals surface area (Å²) in [5.41, 5.74) is 2.16. The maximum atomic E-state index is 4.36. The zero-order valence-corrected chi connectivity index (χ0v) is 13.6. The van der Waals surface area contributed by atoms with Crippen molar-refractivity contribution in [2.45, 2.75) is 18.1 Å². The topological polar surface area (TPSA) is 43.6 Å². The Hall–Kier alpha value is -2.40. The van der Waals surface area contributed by atoms with Gasteiger partial charge in [-0.2, -0.15) is 0 Å². The van der Waals surface area contributed by atoms with E-state index in [1.54, 1.807) is 11.8 Å². The van der Waals surface area contributed by atoms with E-state index in [0.717, 1.165) is 34.4 Å². The van der Waals surface area contributed by atoms with Crippen LogP contribution in [0.3, 0.4) is 0 Å². The van der Waals surface area contributed by atoms with E-state index in [1.807, 2.05) is 60.8 Å². The van der Waals surface area contributed by atoms with Crippen LogP contribution < -0.4 is 0 Å². The van der Waals surface area contributed by atoms with Gasteiger partial charge in [0.15, 0.2) is 11.0 Å². The molecule has 3 rings (SSSR count). The van der Waals surface area contributed by atoms with E-state index >= 15 is 0 Å². The molecule has 0 unspecified atom stereocenters. The molecular formula is C18H18N4S. The predicted molar refractivity (Wildman–Crippen MR) is 94.3 cm³/mol. The molecule has 2 aromatic heterocycles. The molecule has 0 N–H and O–H groups in total. The molecule has 23 heavy (non-hydrogen) atoms.